The van der Waals surface area contributed by atoms with Gasteiger partial charge in [-0.05, 0) is 49.8 Å². The third kappa shape index (κ3) is 2.98. The fourth-order valence-corrected chi connectivity index (χ4v) is 4.42. The first-order valence-corrected chi connectivity index (χ1v) is 9.98. The summed E-state index contributed by atoms with van der Waals surface area (Å²) in [4.78, 5) is 12.1. The van der Waals surface area contributed by atoms with Crippen molar-refractivity contribution in [2.75, 3.05) is 18.0 Å². The van der Waals surface area contributed by atoms with E-state index in [4.69, 9.17) is 9.97 Å². The van der Waals surface area contributed by atoms with Crippen LogP contribution in [0.4, 0.5) is 5.82 Å². The number of rotatable bonds is 4. The summed E-state index contributed by atoms with van der Waals surface area (Å²) in [6.45, 7) is 3.26. The number of piperidine rings is 1. The molecule has 1 aromatic carbocycles. The van der Waals surface area contributed by atoms with Crippen LogP contribution in [0.5, 0.6) is 0 Å². The van der Waals surface area contributed by atoms with E-state index in [0.29, 0.717) is 5.92 Å². The van der Waals surface area contributed by atoms with Crippen molar-refractivity contribution in [3.8, 4) is 0 Å². The quantitative estimate of drug-likeness (QED) is 0.691. The van der Waals surface area contributed by atoms with Crippen molar-refractivity contribution in [1.82, 2.24) is 14.5 Å². The van der Waals surface area contributed by atoms with Crippen molar-refractivity contribution in [3.63, 3.8) is 0 Å². The molecule has 1 aliphatic carbocycles. The minimum absolute atomic E-state index is 0.507. The largest absolute Gasteiger partial charge is 0.356 e. The van der Waals surface area contributed by atoms with E-state index in [-0.39, 0.29) is 0 Å². The number of hydrogen-bond acceptors (Lipinski definition) is 3. The van der Waals surface area contributed by atoms with E-state index < -0.39 is 0 Å². The number of benzene rings is 1. The summed E-state index contributed by atoms with van der Waals surface area (Å²) in [5.74, 6) is 3.75. The second-order valence-electron chi connectivity index (χ2n) is 7.88. The Hall–Kier alpha value is -2.36. The van der Waals surface area contributed by atoms with Gasteiger partial charge in [-0.1, -0.05) is 24.6 Å². The van der Waals surface area contributed by atoms with Crippen LogP contribution in [-0.4, -0.2) is 27.6 Å². The van der Waals surface area contributed by atoms with E-state index in [1.54, 1.807) is 0 Å². The van der Waals surface area contributed by atoms with E-state index in [9.17, 15) is 0 Å². The molecule has 134 valence electrons. The fourth-order valence-electron chi connectivity index (χ4n) is 4.42. The minimum atomic E-state index is 0.507. The number of anilines is 1. The Labute approximate surface area is 154 Å². The number of pyridine rings is 1. The Morgan fingerprint density at radius 2 is 1.92 bits per heavy atom. The molecule has 1 saturated heterocycles. The molecule has 2 aromatic heterocycles. The van der Waals surface area contributed by atoms with Crippen molar-refractivity contribution in [3.05, 3.63) is 54.6 Å². The summed E-state index contributed by atoms with van der Waals surface area (Å²) in [5, 5.41) is 1.21. The highest BCUT2D eigenvalue weighted by Gasteiger charge is 2.27. The van der Waals surface area contributed by atoms with Gasteiger partial charge in [0, 0.05) is 43.3 Å². The van der Waals surface area contributed by atoms with E-state index in [1.807, 2.05) is 6.20 Å². The highest BCUT2D eigenvalue weighted by Crippen LogP contribution is 2.32. The molecule has 3 heterocycles. The van der Waals surface area contributed by atoms with Crippen LogP contribution >= 0.6 is 0 Å². The number of nitrogens with zero attached hydrogens (tertiary/aromatic N) is 4. The Bertz CT molecular complexity index is 896. The van der Waals surface area contributed by atoms with E-state index in [1.165, 1.54) is 43.3 Å². The topological polar surface area (TPSA) is 34.0 Å². The van der Waals surface area contributed by atoms with Gasteiger partial charge in [0.2, 0.25) is 0 Å². The van der Waals surface area contributed by atoms with Gasteiger partial charge in [-0.2, -0.15) is 0 Å². The fraction of sp³-hybridized carbons (Fsp3) is 0.455. The molecule has 0 N–H and O–H groups in total. The zero-order chi connectivity index (χ0) is 17.3. The lowest BCUT2D eigenvalue weighted by Crippen LogP contribution is -2.36. The Morgan fingerprint density at radius 1 is 1.00 bits per heavy atom. The van der Waals surface area contributed by atoms with Crippen LogP contribution in [0.1, 0.15) is 43.8 Å². The second kappa shape index (κ2) is 6.75. The van der Waals surface area contributed by atoms with Crippen molar-refractivity contribution in [1.29, 1.82) is 0 Å². The van der Waals surface area contributed by atoms with Gasteiger partial charge in [-0.3, -0.25) is 0 Å². The molecule has 5 rings (SSSR count). The van der Waals surface area contributed by atoms with Crippen LogP contribution in [0.2, 0.25) is 0 Å². The summed E-state index contributed by atoms with van der Waals surface area (Å²) in [5.41, 5.74) is 1.08. The van der Waals surface area contributed by atoms with Gasteiger partial charge in [0.25, 0.3) is 0 Å². The van der Waals surface area contributed by atoms with Gasteiger partial charge in [-0.15, -0.1) is 0 Å². The average molecular weight is 346 g/mol. The van der Waals surface area contributed by atoms with Crippen molar-refractivity contribution >= 4 is 16.7 Å². The Kier molecular flexibility index (Phi) is 4.12. The predicted octanol–water partition coefficient (Wildman–Crippen LogP) is 4.62. The van der Waals surface area contributed by atoms with E-state index in [2.05, 4.69) is 52.1 Å². The molecule has 2 fully saturated rings. The minimum Gasteiger partial charge on any atom is -0.356 e. The van der Waals surface area contributed by atoms with Crippen LogP contribution in [0.25, 0.3) is 10.9 Å². The maximum atomic E-state index is 4.91. The normalized spacial score (nSPS) is 21.1. The molecular weight excluding hydrogens is 320 g/mol. The SMILES string of the molecule is c1ccc2nc(N3CCC[C@H](c4nccn4CC4CCC4)C3)ccc2c1. The van der Waals surface area contributed by atoms with Crippen LogP contribution in [-0.2, 0) is 6.54 Å². The van der Waals surface area contributed by atoms with Gasteiger partial charge in [0.1, 0.15) is 11.6 Å². The zero-order valence-electron chi connectivity index (χ0n) is 15.2. The monoisotopic (exact) mass is 346 g/mol. The van der Waals surface area contributed by atoms with Crippen LogP contribution in [0.3, 0.4) is 0 Å². The molecule has 3 aromatic rings. The van der Waals surface area contributed by atoms with Crippen molar-refractivity contribution < 1.29 is 0 Å². The highest BCUT2D eigenvalue weighted by molar-refractivity contribution is 5.80. The molecule has 0 radical (unpaired) electrons. The standard InChI is InChI=1S/C22H26N4/c1-2-9-20-18(7-1)10-11-21(24-20)25-13-4-8-19(16-25)22-23-12-14-26(22)15-17-5-3-6-17/h1-2,7,9-12,14,17,19H,3-6,8,13,15-16H2/t19-/m0/s1. The molecule has 1 aliphatic heterocycles. The van der Waals surface area contributed by atoms with Gasteiger partial charge in [-0.25, -0.2) is 9.97 Å². The summed E-state index contributed by atoms with van der Waals surface area (Å²) in [6, 6.07) is 12.7. The van der Waals surface area contributed by atoms with E-state index in [0.717, 1.165) is 36.9 Å². The molecular formula is C22H26N4. The van der Waals surface area contributed by atoms with Crippen LogP contribution in [0, 0.1) is 5.92 Å². The van der Waals surface area contributed by atoms with Gasteiger partial charge < -0.3 is 9.47 Å². The lowest BCUT2D eigenvalue weighted by Gasteiger charge is -2.34. The summed E-state index contributed by atoms with van der Waals surface area (Å²) < 4.78 is 2.42. The van der Waals surface area contributed by atoms with Crippen LogP contribution < -0.4 is 4.90 Å². The van der Waals surface area contributed by atoms with Gasteiger partial charge in [0.15, 0.2) is 0 Å². The molecule has 1 atom stereocenters. The average Bonchev–Trinajstić information content (AvgIpc) is 3.13. The number of para-hydroxylation sites is 1. The molecule has 26 heavy (non-hydrogen) atoms. The number of imidazole rings is 1. The highest BCUT2D eigenvalue weighted by atomic mass is 15.2. The first kappa shape index (κ1) is 15.9. The first-order valence-electron chi connectivity index (χ1n) is 9.98. The molecule has 0 unspecified atom stereocenters. The Balaban J connectivity index is 1.36. The predicted molar refractivity (Wildman–Crippen MR) is 105 cm³/mol. The summed E-state index contributed by atoms with van der Waals surface area (Å²) >= 11 is 0. The molecule has 0 bridgehead atoms. The lowest BCUT2D eigenvalue weighted by molar-refractivity contribution is 0.270. The molecule has 2 aliphatic rings. The smallest absolute Gasteiger partial charge is 0.129 e. The van der Waals surface area contributed by atoms with Gasteiger partial charge in [0.05, 0.1) is 5.52 Å². The molecule has 0 spiro atoms. The summed E-state index contributed by atoms with van der Waals surface area (Å²) in [7, 11) is 0. The van der Waals surface area contributed by atoms with Crippen molar-refractivity contribution in [2.24, 2.45) is 5.92 Å². The van der Waals surface area contributed by atoms with Gasteiger partial charge >= 0.3 is 0 Å². The zero-order valence-corrected chi connectivity index (χ0v) is 15.2. The summed E-state index contributed by atoms with van der Waals surface area (Å²) in [6.07, 6.45) is 10.8. The third-order valence-electron chi connectivity index (χ3n) is 6.12. The molecule has 4 nitrogen and oxygen atoms in total. The molecule has 1 saturated carbocycles. The first-order chi connectivity index (χ1) is 12.9. The van der Waals surface area contributed by atoms with E-state index >= 15 is 0 Å². The lowest BCUT2D eigenvalue weighted by atomic mass is 9.85. The van der Waals surface area contributed by atoms with Crippen molar-refractivity contribution in [2.45, 2.75) is 44.6 Å². The number of aromatic nitrogens is 3. The Morgan fingerprint density at radius 3 is 2.81 bits per heavy atom. The maximum Gasteiger partial charge on any atom is 0.129 e. The maximum absolute atomic E-state index is 4.91. The number of hydrogen-bond donors (Lipinski definition) is 0. The third-order valence-corrected chi connectivity index (χ3v) is 6.12. The molecule has 4 heteroatoms. The van der Waals surface area contributed by atoms with Crippen LogP contribution in [0.15, 0.2) is 48.8 Å². The molecule has 0 amide bonds. The second-order valence-corrected chi connectivity index (χ2v) is 7.88. The number of fused-ring (bicyclic) bond motifs is 1.